The van der Waals surface area contributed by atoms with Crippen molar-refractivity contribution in [2.75, 3.05) is 13.2 Å². The van der Waals surface area contributed by atoms with Crippen molar-refractivity contribution in [3.05, 3.63) is 42.0 Å². The average molecular weight is 311 g/mol. The second-order valence-corrected chi connectivity index (χ2v) is 5.31. The van der Waals surface area contributed by atoms with Crippen LogP contribution in [-0.4, -0.2) is 30.3 Å². The molecule has 0 saturated heterocycles. The minimum Gasteiger partial charge on any atom is -0.491 e. The van der Waals surface area contributed by atoms with Crippen molar-refractivity contribution in [1.29, 1.82) is 0 Å². The number of nitrogens with one attached hydrogen (secondary N) is 1. The maximum Gasteiger partial charge on any atom is 0.220 e. The first-order valence-corrected chi connectivity index (χ1v) is 7.24. The van der Waals surface area contributed by atoms with Crippen LogP contribution in [0, 0.1) is 17.6 Å². The molecule has 0 bridgehead atoms. The Morgan fingerprint density at radius 3 is 2.91 bits per heavy atom. The summed E-state index contributed by atoms with van der Waals surface area (Å²) in [5.41, 5.74) is 0. The molecule has 0 heterocycles. The third kappa shape index (κ3) is 5.11. The number of amides is 1. The molecule has 2 unspecified atom stereocenters. The number of rotatable bonds is 7. The number of aliphatic hydroxyl groups excluding tert-OH is 1. The zero-order chi connectivity index (χ0) is 15.9. The molecule has 6 heteroatoms. The zero-order valence-corrected chi connectivity index (χ0v) is 12.1. The summed E-state index contributed by atoms with van der Waals surface area (Å²) in [6.07, 6.45) is 5.56. The number of ether oxygens (including phenoxy) is 1. The predicted molar refractivity (Wildman–Crippen MR) is 77.4 cm³/mol. The van der Waals surface area contributed by atoms with E-state index in [0.717, 1.165) is 25.0 Å². The standard InChI is InChI=1S/C16H19F2NO3/c17-14-6-5-13(8-15(14)18)22-10-12(20)9-19-16(21)7-11-3-1-2-4-11/h1,3,5-6,8,11-12,20H,2,4,7,9-10H2,(H,19,21). The number of benzene rings is 1. The van der Waals surface area contributed by atoms with E-state index in [-0.39, 0.29) is 30.7 Å². The first-order chi connectivity index (χ1) is 10.5. The second-order valence-electron chi connectivity index (χ2n) is 5.31. The Kier molecular flexibility index (Phi) is 5.89. The Labute approximate surface area is 127 Å². The summed E-state index contributed by atoms with van der Waals surface area (Å²) in [5, 5.41) is 12.4. The Hall–Kier alpha value is -1.95. The Bertz CT molecular complexity index is 548. The van der Waals surface area contributed by atoms with Gasteiger partial charge in [0, 0.05) is 19.0 Å². The highest BCUT2D eigenvalue weighted by Gasteiger charge is 2.15. The number of aliphatic hydroxyl groups is 1. The SMILES string of the molecule is O=C(CC1C=CCC1)NCC(O)COc1ccc(F)c(F)c1. The van der Waals surface area contributed by atoms with Crippen molar-refractivity contribution < 1.29 is 23.4 Å². The van der Waals surface area contributed by atoms with E-state index in [0.29, 0.717) is 6.42 Å². The molecule has 22 heavy (non-hydrogen) atoms. The molecular formula is C16H19F2NO3. The van der Waals surface area contributed by atoms with E-state index in [9.17, 15) is 18.7 Å². The summed E-state index contributed by atoms with van der Waals surface area (Å²) in [6.45, 7) is -0.0619. The predicted octanol–water partition coefficient (Wildman–Crippen LogP) is 2.18. The van der Waals surface area contributed by atoms with Gasteiger partial charge >= 0.3 is 0 Å². The number of hydrogen-bond acceptors (Lipinski definition) is 3. The van der Waals surface area contributed by atoms with Gasteiger partial charge in [-0.2, -0.15) is 0 Å². The van der Waals surface area contributed by atoms with E-state index < -0.39 is 17.7 Å². The molecule has 0 aliphatic heterocycles. The number of halogens is 2. The van der Waals surface area contributed by atoms with Gasteiger partial charge in [0.25, 0.3) is 0 Å². The lowest BCUT2D eigenvalue weighted by Gasteiger charge is -2.14. The molecule has 2 atom stereocenters. The maximum atomic E-state index is 13.0. The van der Waals surface area contributed by atoms with Crippen molar-refractivity contribution in [1.82, 2.24) is 5.32 Å². The molecule has 120 valence electrons. The largest absolute Gasteiger partial charge is 0.491 e. The van der Waals surface area contributed by atoms with Gasteiger partial charge in [-0.05, 0) is 30.9 Å². The van der Waals surface area contributed by atoms with Gasteiger partial charge in [-0.3, -0.25) is 4.79 Å². The van der Waals surface area contributed by atoms with E-state index >= 15 is 0 Å². The van der Waals surface area contributed by atoms with Gasteiger partial charge in [0.05, 0.1) is 0 Å². The lowest BCUT2D eigenvalue weighted by Crippen LogP contribution is -2.35. The van der Waals surface area contributed by atoms with E-state index in [1.807, 2.05) is 6.08 Å². The van der Waals surface area contributed by atoms with Crippen LogP contribution in [0.3, 0.4) is 0 Å². The zero-order valence-electron chi connectivity index (χ0n) is 12.1. The van der Waals surface area contributed by atoms with Crippen LogP contribution >= 0.6 is 0 Å². The van der Waals surface area contributed by atoms with Crippen molar-refractivity contribution in [2.24, 2.45) is 5.92 Å². The highest BCUT2D eigenvalue weighted by Crippen LogP contribution is 2.20. The van der Waals surface area contributed by atoms with Gasteiger partial charge < -0.3 is 15.2 Å². The normalized spacial score (nSPS) is 18.2. The molecule has 2 N–H and O–H groups in total. The van der Waals surface area contributed by atoms with E-state index in [1.54, 1.807) is 0 Å². The molecule has 0 spiro atoms. The first-order valence-electron chi connectivity index (χ1n) is 7.24. The van der Waals surface area contributed by atoms with Gasteiger partial charge in [-0.25, -0.2) is 8.78 Å². The Morgan fingerprint density at radius 1 is 1.41 bits per heavy atom. The molecule has 4 nitrogen and oxygen atoms in total. The summed E-state index contributed by atoms with van der Waals surface area (Å²) < 4.78 is 30.9. The van der Waals surface area contributed by atoms with E-state index in [1.165, 1.54) is 6.07 Å². The highest BCUT2D eigenvalue weighted by atomic mass is 19.2. The molecule has 0 aromatic heterocycles. The molecule has 0 fully saturated rings. The van der Waals surface area contributed by atoms with Crippen LogP contribution in [0.5, 0.6) is 5.75 Å². The van der Waals surface area contributed by atoms with E-state index in [4.69, 9.17) is 4.74 Å². The number of carbonyl (C=O) groups excluding carboxylic acids is 1. The average Bonchev–Trinajstić information content (AvgIpc) is 2.99. The second kappa shape index (κ2) is 7.89. The fraction of sp³-hybridized carbons (Fsp3) is 0.438. The third-order valence-corrected chi connectivity index (χ3v) is 3.43. The monoisotopic (exact) mass is 311 g/mol. The van der Waals surface area contributed by atoms with Crippen LogP contribution in [-0.2, 0) is 4.79 Å². The van der Waals surface area contributed by atoms with Crippen LogP contribution < -0.4 is 10.1 Å². The van der Waals surface area contributed by atoms with E-state index in [2.05, 4.69) is 11.4 Å². The van der Waals surface area contributed by atoms with Crippen LogP contribution in [0.4, 0.5) is 8.78 Å². The fourth-order valence-electron chi connectivity index (χ4n) is 2.23. The summed E-state index contributed by atoms with van der Waals surface area (Å²) in [4.78, 5) is 11.7. The molecule has 0 saturated carbocycles. The topological polar surface area (TPSA) is 58.6 Å². The minimum absolute atomic E-state index is 0.0545. The molecular weight excluding hydrogens is 292 g/mol. The van der Waals surface area contributed by atoms with Gasteiger partial charge in [-0.1, -0.05) is 12.2 Å². The summed E-state index contributed by atoms with van der Waals surface area (Å²) in [6, 6.07) is 3.14. The Balaban J connectivity index is 1.66. The van der Waals surface area contributed by atoms with Gasteiger partial charge in [0.1, 0.15) is 18.5 Å². The number of hydrogen-bond donors (Lipinski definition) is 2. The Morgan fingerprint density at radius 2 is 2.23 bits per heavy atom. The number of allylic oxidation sites excluding steroid dienone is 2. The summed E-state index contributed by atoms with van der Waals surface area (Å²) in [7, 11) is 0. The summed E-state index contributed by atoms with van der Waals surface area (Å²) in [5.74, 6) is -1.69. The molecule has 1 amide bonds. The lowest BCUT2D eigenvalue weighted by atomic mass is 10.1. The summed E-state index contributed by atoms with van der Waals surface area (Å²) >= 11 is 0. The fourth-order valence-corrected chi connectivity index (χ4v) is 2.23. The van der Waals surface area contributed by atoms with Crippen molar-refractivity contribution >= 4 is 5.91 Å². The quantitative estimate of drug-likeness (QED) is 0.759. The van der Waals surface area contributed by atoms with Crippen LogP contribution in [0.15, 0.2) is 30.4 Å². The lowest BCUT2D eigenvalue weighted by molar-refractivity contribution is -0.122. The molecule has 0 radical (unpaired) electrons. The van der Waals surface area contributed by atoms with Gasteiger partial charge in [0.15, 0.2) is 11.6 Å². The highest BCUT2D eigenvalue weighted by molar-refractivity contribution is 5.76. The first kappa shape index (κ1) is 16.4. The molecule has 1 aliphatic carbocycles. The molecule has 1 aromatic rings. The van der Waals surface area contributed by atoms with Gasteiger partial charge in [-0.15, -0.1) is 0 Å². The third-order valence-electron chi connectivity index (χ3n) is 3.43. The van der Waals surface area contributed by atoms with Crippen LogP contribution in [0.25, 0.3) is 0 Å². The molecule has 1 aromatic carbocycles. The van der Waals surface area contributed by atoms with Crippen LogP contribution in [0.1, 0.15) is 19.3 Å². The molecule has 1 aliphatic rings. The maximum absolute atomic E-state index is 13.0. The number of carbonyl (C=O) groups is 1. The van der Waals surface area contributed by atoms with Crippen molar-refractivity contribution in [3.8, 4) is 5.75 Å². The van der Waals surface area contributed by atoms with Gasteiger partial charge in [0.2, 0.25) is 5.91 Å². The van der Waals surface area contributed by atoms with Crippen molar-refractivity contribution in [3.63, 3.8) is 0 Å². The van der Waals surface area contributed by atoms with Crippen molar-refractivity contribution in [2.45, 2.75) is 25.4 Å². The molecule has 2 rings (SSSR count). The van der Waals surface area contributed by atoms with Crippen LogP contribution in [0.2, 0.25) is 0 Å². The minimum atomic E-state index is -1.01. The smallest absolute Gasteiger partial charge is 0.220 e.